The van der Waals surface area contributed by atoms with Gasteiger partial charge in [0.25, 0.3) is 0 Å². The summed E-state index contributed by atoms with van der Waals surface area (Å²) in [6, 6.07) is 0.860. The van der Waals surface area contributed by atoms with Gasteiger partial charge in [-0.25, -0.2) is 9.59 Å². The average Bonchev–Trinajstić information content (AvgIpc) is 2.46. The number of hydrogen-bond donors (Lipinski definition) is 3. The number of carboxylic acids is 1. The van der Waals surface area contributed by atoms with E-state index in [-0.39, 0.29) is 29.6 Å². The summed E-state index contributed by atoms with van der Waals surface area (Å²) in [5, 5.41) is 13.9. The molecule has 0 aliphatic rings. The standard InChI is InChI=1S/C13H18N4O4/c1-8(11(18)14-2)7-17(3)13(21)16-10-4-9(12(19)20)5-15-6-10/h4-6,8H,7H2,1-3H3,(H,14,18)(H,16,21)(H,19,20). The van der Waals surface area contributed by atoms with Crippen molar-refractivity contribution in [3.63, 3.8) is 0 Å². The maximum atomic E-state index is 11.9. The van der Waals surface area contributed by atoms with Crippen LogP contribution in [0.2, 0.25) is 0 Å². The normalized spacial score (nSPS) is 11.4. The molecule has 0 spiro atoms. The van der Waals surface area contributed by atoms with E-state index < -0.39 is 12.0 Å². The van der Waals surface area contributed by atoms with E-state index in [9.17, 15) is 14.4 Å². The van der Waals surface area contributed by atoms with Crippen LogP contribution in [0.5, 0.6) is 0 Å². The minimum atomic E-state index is -1.12. The van der Waals surface area contributed by atoms with Crippen molar-refractivity contribution in [2.24, 2.45) is 5.92 Å². The lowest BCUT2D eigenvalue weighted by atomic mass is 10.1. The van der Waals surface area contributed by atoms with E-state index in [0.717, 1.165) is 0 Å². The Labute approximate surface area is 122 Å². The van der Waals surface area contributed by atoms with Gasteiger partial charge >= 0.3 is 12.0 Å². The molecule has 0 saturated carbocycles. The number of carbonyl (C=O) groups is 3. The quantitative estimate of drug-likeness (QED) is 0.737. The van der Waals surface area contributed by atoms with Crippen molar-refractivity contribution in [2.45, 2.75) is 6.92 Å². The fourth-order valence-electron chi connectivity index (χ4n) is 1.67. The topological polar surface area (TPSA) is 112 Å². The van der Waals surface area contributed by atoms with Crippen LogP contribution in [0.3, 0.4) is 0 Å². The zero-order valence-corrected chi connectivity index (χ0v) is 12.1. The third-order valence-corrected chi connectivity index (χ3v) is 2.82. The first-order valence-corrected chi connectivity index (χ1v) is 6.27. The number of aromatic nitrogens is 1. The van der Waals surface area contributed by atoms with Crippen LogP contribution in [0.25, 0.3) is 0 Å². The highest BCUT2D eigenvalue weighted by Gasteiger charge is 2.17. The maximum Gasteiger partial charge on any atom is 0.337 e. The number of urea groups is 1. The Bertz CT molecular complexity index is 547. The Morgan fingerprint density at radius 3 is 2.62 bits per heavy atom. The predicted molar refractivity (Wildman–Crippen MR) is 76.1 cm³/mol. The number of carboxylic acid groups (broad SMARTS) is 1. The van der Waals surface area contributed by atoms with Gasteiger partial charge in [-0.2, -0.15) is 0 Å². The van der Waals surface area contributed by atoms with E-state index >= 15 is 0 Å². The molecule has 1 aromatic rings. The summed E-state index contributed by atoms with van der Waals surface area (Å²) in [6.45, 7) is 1.94. The monoisotopic (exact) mass is 294 g/mol. The molecule has 1 aromatic heterocycles. The average molecular weight is 294 g/mol. The summed E-state index contributed by atoms with van der Waals surface area (Å²) in [5.74, 6) is -1.64. The molecule has 0 radical (unpaired) electrons. The number of rotatable bonds is 5. The van der Waals surface area contributed by atoms with Crippen LogP contribution < -0.4 is 10.6 Å². The van der Waals surface area contributed by atoms with Crippen molar-refractivity contribution in [2.75, 3.05) is 26.0 Å². The molecule has 1 atom stereocenters. The molecule has 21 heavy (non-hydrogen) atoms. The van der Waals surface area contributed by atoms with E-state index in [0.29, 0.717) is 0 Å². The van der Waals surface area contributed by atoms with Gasteiger partial charge in [0.15, 0.2) is 0 Å². The van der Waals surface area contributed by atoms with Gasteiger partial charge in [-0.15, -0.1) is 0 Å². The van der Waals surface area contributed by atoms with Gasteiger partial charge in [-0.05, 0) is 6.07 Å². The summed E-state index contributed by atoms with van der Waals surface area (Å²) in [6.07, 6.45) is 2.54. The van der Waals surface area contributed by atoms with Crippen molar-refractivity contribution in [3.05, 3.63) is 24.0 Å². The van der Waals surface area contributed by atoms with Gasteiger partial charge in [0.1, 0.15) is 0 Å². The fourth-order valence-corrected chi connectivity index (χ4v) is 1.67. The Balaban J connectivity index is 2.66. The molecule has 1 rings (SSSR count). The first-order valence-electron chi connectivity index (χ1n) is 6.27. The highest BCUT2D eigenvalue weighted by molar-refractivity contribution is 5.92. The number of amides is 3. The molecule has 0 saturated heterocycles. The molecule has 114 valence electrons. The van der Waals surface area contributed by atoms with E-state index in [1.807, 2.05) is 0 Å². The van der Waals surface area contributed by atoms with Crippen LogP contribution in [0.15, 0.2) is 18.5 Å². The molecular formula is C13H18N4O4. The van der Waals surface area contributed by atoms with Crippen molar-refractivity contribution in [1.29, 1.82) is 0 Å². The van der Waals surface area contributed by atoms with Gasteiger partial charge in [-0.3, -0.25) is 9.78 Å². The zero-order chi connectivity index (χ0) is 16.0. The minimum Gasteiger partial charge on any atom is -0.478 e. The predicted octanol–water partition coefficient (Wildman–Crippen LogP) is 0.626. The Morgan fingerprint density at radius 1 is 1.38 bits per heavy atom. The highest BCUT2D eigenvalue weighted by Crippen LogP contribution is 2.09. The Hall–Kier alpha value is -2.64. The molecule has 8 heteroatoms. The third kappa shape index (κ3) is 4.75. The second-order valence-corrected chi connectivity index (χ2v) is 4.59. The first-order chi connectivity index (χ1) is 9.85. The van der Waals surface area contributed by atoms with Crippen LogP contribution >= 0.6 is 0 Å². The smallest absolute Gasteiger partial charge is 0.337 e. The van der Waals surface area contributed by atoms with E-state index in [2.05, 4.69) is 15.6 Å². The van der Waals surface area contributed by atoms with Crippen molar-refractivity contribution < 1.29 is 19.5 Å². The van der Waals surface area contributed by atoms with Crippen molar-refractivity contribution in [3.8, 4) is 0 Å². The molecule has 1 unspecified atom stereocenters. The molecule has 0 aromatic carbocycles. The lowest BCUT2D eigenvalue weighted by molar-refractivity contribution is -0.124. The third-order valence-electron chi connectivity index (χ3n) is 2.82. The van der Waals surface area contributed by atoms with Crippen LogP contribution in [-0.4, -0.2) is 53.5 Å². The van der Waals surface area contributed by atoms with Crippen LogP contribution in [-0.2, 0) is 4.79 Å². The number of pyridine rings is 1. The lowest BCUT2D eigenvalue weighted by Gasteiger charge is -2.21. The highest BCUT2D eigenvalue weighted by atomic mass is 16.4. The Morgan fingerprint density at radius 2 is 2.05 bits per heavy atom. The number of nitrogens with zero attached hydrogens (tertiary/aromatic N) is 2. The second kappa shape index (κ2) is 7.22. The second-order valence-electron chi connectivity index (χ2n) is 4.59. The summed E-state index contributed by atoms with van der Waals surface area (Å²) < 4.78 is 0. The van der Waals surface area contributed by atoms with Crippen LogP contribution in [0.1, 0.15) is 17.3 Å². The van der Waals surface area contributed by atoms with Gasteiger partial charge in [0.2, 0.25) is 5.91 Å². The zero-order valence-electron chi connectivity index (χ0n) is 12.1. The van der Waals surface area contributed by atoms with Gasteiger partial charge in [0, 0.05) is 26.8 Å². The van der Waals surface area contributed by atoms with Gasteiger partial charge in [0.05, 0.1) is 23.4 Å². The molecule has 1 heterocycles. The molecule has 3 N–H and O–H groups in total. The van der Waals surface area contributed by atoms with Crippen LogP contribution in [0.4, 0.5) is 10.5 Å². The lowest BCUT2D eigenvalue weighted by Crippen LogP contribution is -2.39. The van der Waals surface area contributed by atoms with Crippen molar-refractivity contribution in [1.82, 2.24) is 15.2 Å². The SMILES string of the molecule is CNC(=O)C(C)CN(C)C(=O)Nc1cncc(C(=O)O)c1. The van der Waals surface area contributed by atoms with Crippen molar-refractivity contribution >= 4 is 23.6 Å². The molecule has 0 aliphatic carbocycles. The van der Waals surface area contributed by atoms with E-state index in [4.69, 9.17) is 5.11 Å². The number of carbonyl (C=O) groups excluding carboxylic acids is 2. The Kier molecular flexibility index (Phi) is 5.65. The molecule has 0 bridgehead atoms. The van der Waals surface area contributed by atoms with Gasteiger partial charge < -0.3 is 20.6 Å². The molecule has 3 amide bonds. The number of hydrogen-bond acceptors (Lipinski definition) is 4. The summed E-state index contributed by atoms with van der Waals surface area (Å²) in [7, 11) is 3.07. The summed E-state index contributed by atoms with van der Waals surface area (Å²) in [5.41, 5.74) is 0.258. The van der Waals surface area contributed by atoms with Crippen LogP contribution in [0, 0.1) is 5.92 Å². The number of anilines is 1. The summed E-state index contributed by atoms with van der Waals surface area (Å²) in [4.78, 5) is 39.3. The van der Waals surface area contributed by atoms with E-state index in [1.54, 1.807) is 14.0 Å². The summed E-state index contributed by atoms with van der Waals surface area (Å²) >= 11 is 0. The van der Waals surface area contributed by atoms with Gasteiger partial charge in [-0.1, -0.05) is 6.92 Å². The minimum absolute atomic E-state index is 0.0193. The fraction of sp³-hybridized carbons (Fsp3) is 0.385. The molecule has 0 aliphatic heterocycles. The number of nitrogens with one attached hydrogen (secondary N) is 2. The largest absolute Gasteiger partial charge is 0.478 e. The van der Waals surface area contributed by atoms with E-state index in [1.165, 1.54) is 30.4 Å². The molecule has 0 fully saturated rings. The number of aromatic carboxylic acids is 1. The molecule has 8 nitrogen and oxygen atoms in total. The molecular weight excluding hydrogens is 276 g/mol. The maximum absolute atomic E-state index is 11.9. The first kappa shape index (κ1) is 16.4.